The zero-order valence-electron chi connectivity index (χ0n) is 17.2. The van der Waals surface area contributed by atoms with Crippen LogP contribution in [0.25, 0.3) is 0 Å². The van der Waals surface area contributed by atoms with Crippen LogP contribution in [0.4, 0.5) is 0 Å². The van der Waals surface area contributed by atoms with Crippen molar-refractivity contribution in [2.75, 3.05) is 55.5 Å². The molecule has 0 aliphatic carbocycles. The molecule has 0 aromatic carbocycles. The van der Waals surface area contributed by atoms with Crippen LogP contribution < -0.4 is 0 Å². The van der Waals surface area contributed by atoms with Crippen LogP contribution in [0, 0.1) is 0 Å². The molecule has 0 heterocycles. The Kier molecular flexibility index (Phi) is 11.6. The van der Waals surface area contributed by atoms with Crippen molar-refractivity contribution in [3.05, 3.63) is 0 Å². The van der Waals surface area contributed by atoms with Gasteiger partial charge in [0.15, 0.2) is 0 Å². The third-order valence-corrected chi connectivity index (χ3v) is 63.3. The molecule has 0 aliphatic rings. The summed E-state index contributed by atoms with van der Waals surface area (Å²) in [6, 6.07) is -3.24. The van der Waals surface area contributed by atoms with Crippen LogP contribution in [0.5, 0.6) is 0 Å². The molecule has 0 unspecified atom stereocenters. The number of hydrogen-bond acceptors (Lipinski definition) is 0. The maximum atomic E-state index is 2.57. The fourth-order valence-corrected chi connectivity index (χ4v) is 83.7. The van der Waals surface area contributed by atoms with Gasteiger partial charge in [-0.1, -0.05) is 0 Å². The van der Waals surface area contributed by atoms with E-state index < -0.39 is 18.1 Å². The van der Waals surface area contributed by atoms with E-state index in [0.29, 0.717) is 0 Å². The third kappa shape index (κ3) is 4.30. The van der Waals surface area contributed by atoms with Gasteiger partial charge in [0.2, 0.25) is 0 Å². The minimum absolute atomic E-state index is 0.719. The summed E-state index contributed by atoms with van der Waals surface area (Å²) in [5, 5.41) is 0. The minimum atomic E-state index is -1.08. The molecule has 0 atom stereocenters. The molecule has 0 amide bonds. The topological polar surface area (TPSA) is 0 Å². The van der Waals surface area contributed by atoms with Gasteiger partial charge in [0.25, 0.3) is 0 Å². The van der Waals surface area contributed by atoms with E-state index in [1.54, 1.807) is 55.5 Å². The van der Waals surface area contributed by atoms with Crippen molar-refractivity contribution < 1.29 is 12.1 Å². The Hall–Kier alpha value is 1.78. The zero-order chi connectivity index (χ0) is 17.4. The average molecular weight is 416 g/mol. The number of hydrogen-bond donors (Lipinski definition) is 0. The Morgan fingerprint density at radius 2 is 0.500 bits per heavy atom. The Balaban J connectivity index is 6.42. The summed E-state index contributed by atoms with van der Waals surface area (Å²) in [5.41, 5.74) is 0. The van der Waals surface area contributed by atoms with Gasteiger partial charge in [-0.05, 0) is 0 Å². The first kappa shape index (κ1) is 23.8. The van der Waals surface area contributed by atoms with Crippen molar-refractivity contribution in [3.63, 3.8) is 0 Å². The van der Waals surface area contributed by atoms with Gasteiger partial charge in [-0.15, -0.1) is 0 Å². The summed E-state index contributed by atoms with van der Waals surface area (Å²) in [4.78, 5) is 0. The average Bonchev–Trinajstić information content (AvgIpc) is 2.60. The molecule has 0 bridgehead atoms. The van der Waals surface area contributed by atoms with E-state index in [9.17, 15) is 0 Å². The van der Waals surface area contributed by atoms with Gasteiger partial charge < -0.3 is 0 Å². The van der Waals surface area contributed by atoms with Crippen LogP contribution in [-0.4, -0.2) is 55.5 Å². The fraction of sp³-hybridized carbons (Fsp3) is 1.00. The molecule has 0 aromatic rings. The molecule has 145 valence electrons. The molecule has 0 radical (unpaired) electrons. The molecule has 0 saturated heterocycles. The van der Waals surface area contributed by atoms with E-state index in [-0.39, 0.29) is 0 Å². The molecule has 0 rings (SSSR count). The summed E-state index contributed by atoms with van der Waals surface area (Å²) >= 11 is 0.719. The van der Waals surface area contributed by atoms with E-state index in [4.69, 9.17) is 0 Å². The Bertz CT molecular complexity index is 222. The predicted molar refractivity (Wildman–Crippen MR) is 120 cm³/mol. The third-order valence-electron chi connectivity index (χ3n) is 6.51. The van der Waals surface area contributed by atoms with Crippen LogP contribution in [0.1, 0.15) is 62.3 Å². The SMILES string of the molecule is CC[PH](CC)(CC)[Ni]([PH](CC)(CC)CC)[PH](CC)(CC)CC. The second-order valence-electron chi connectivity index (χ2n) is 6.68. The molecule has 0 spiro atoms. The van der Waals surface area contributed by atoms with Crippen LogP contribution >= 0.6 is 18.1 Å². The van der Waals surface area contributed by atoms with Crippen molar-refractivity contribution in [2.45, 2.75) is 62.3 Å². The summed E-state index contributed by atoms with van der Waals surface area (Å²) in [6.45, 7) is 23.2. The molecule has 0 aliphatic heterocycles. The van der Waals surface area contributed by atoms with Crippen LogP contribution in [0.3, 0.4) is 0 Å². The second-order valence-corrected chi connectivity index (χ2v) is 37.5. The normalized spacial score (nSPS) is 16.5. The van der Waals surface area contributed by atoms with E-state index >= 15 is 0 Å². The van der Waals surface area contributed by atoms with Gasteiger partial charge in [0.1, 0.15) is 0 Å². The van der Waals surface area contributed by atoms with Gasteiger partial charge in [-0.25, -0.2) is 0 Å². The van der Waals surface area contributed by atoms with Crippen molar-refractivity contribution in [2.24, 2.45) is 0 Å². The molecular weight excluding hydrogens is 368 g/mol. The molecule has 4 heteroatoms. The van der Waals surface area contributed by atoms with E-state index in [1.165, 1.54) is 0 Å². The summed E-state index contributed by atoms with van der Waals surface area (Å²) in [5.74, 6) is 0. The zero-order valence-corrected chi connectivity index (χ0v) is 21.2. The summed E-state index contributed by atoms with van der Waals surface area (Å²) in [7, 11) is 0. The van der Waals surface area contributed by atoms with Gasteiger partial charge in [0, 0.05) is 0 Å². The van der Waals surface area contributed by atoms with Crippen molar-refractivity contribution >= 4 is 18.1 Å². The summed E-state index contributed by atoms with van der Waals surface area (Å²) < 4.78 is 0. The summed E-state index contributed by atoms with van der Waals surface area (Å²) in [6.07, 6.45) is 14.1. The maximum absolute atomic E-state index is 2.57. The molecule has 0 aromatic heterocycles. The molecule has 22 heavy (non-hydrogen) atoms. The van der Waals surface area contributed by atoms with Crippen molar-refractivity contribution in [1.29, 1.82) is 0 Å². The van der Waals surface area contributed by atoms with Gasteiger partial charge in [0.05, 0.1) is 0 Å². The van der Waals surface area contributed by atoms with Crippen molar-refractivity contribution in [3.8, 4) is 0 Å². The molecule has 0 nitrogen and oxygen atoms in total. The first-order valence-corrected chi connectivity index (χ1v) is 21.8. The Morgan fingerprint density at radius 1 is 0.364 bits per heavy atom. The molecule has 0 saturated carbocycles. The predicted octanol–water partition coefficient (Wildman–Crippen LogP) is 6.78. The fourth-order valence-electron chi connectivity index (χ4n) is 4.32. The molecule has 0 fully saturated rings. The van der Waals surface area contributed by atoms with Crippen LogP contribution in [0.2, 0.25) is 0 Å². The van der Waals surface area contributed by atoms with E-state index in [0.717, 1.165) is 12.1 Å². The molecule has 0 N–H and O–H groups in total. The van der Waals surface area contributed by atoms with E-state index in [1.807, 2.05) is 0 Å². The van der Waals surface area contributed by atoms with Crippen molar-refractivity contribution in [1.82, 2.24) is 0 Å². The molecular formula is C18H48NiP3. The second kappa shape index (κ2) is 10.7. The Morgan fingerprint density at radius 3 is 0.591 bits per heavy atom. The van der Waals surface area contributed by atoms with Gasteiger partial charge in [-0.2, -0.15) is 0 Å². The van der Waals surface area contributed by atoms with E-state index in [2.05, 4.69) is 62.3 Å². The van der Waals surface area contributed by atoms with Crippen LogP contribution in [0.15, 0.2) is 0 Å². The first-order chi connectivity index (χ1) is 10.4. The van der Waals surface area contributed by atoms with Crippen LogP contribution in [-0.2, 0) is 12.1 Å². The quantitative estimate of drug-likeness (QED) is 0.243. The Labute approximate surface area is 147 Å². The number of rotatable bonds is 12. The monoisotopic (exact) mass is 415 g/mol. The van der Waals surface area contributed by atoms with Gasteiger partial charge in [-0.3, -0.25) is 0 Å². The van der Waals surface area contributed by atoms with Gasteiger partial charge >= 0.3 is 148 Å². The first-order valence-electron chi connectivity index (χ1n) is 10.0. The standard InChI is InChI=1S/3C6H15P.Ni/c3*1-4-7(5-2)6-3;/h3*4-6H2,1-3H3;/q;;;-3/p+3.